The van der Waals surface area contributed by atoms with Crippen molar-refractivity contribution in [3.8, 4) is 6.07 Å². The molecule has 0 unspecified atom stereocenters. The molecule has 1 rings (SSSR count). The standard InChI is InChI=1S/C11H12FN.C4H10/c1-2-3-4-9-5-6-11(12)10(7-9)8-13;1-3-4-2/h5-7H,2-4H2,1H3;3-4H2,1-2H3. The zero-order valence-electron chi connectivity index (χ0n) is 11.1. The number of rotatable bonds is 4. The second-order valence-corrected chi connectivity index (χ2v) is 4.03. The fourth-order valence-electron chi connectivity index (χ4n) is 1.19. The van der Waals surface area contributed by atoms with E-state index in [0.29, 0.717) is 0 Å². The number of nitriles is 1. The Kier molecular flexibility index (Phi) is 9.05. The average molecular weight is 235 g/mol. The Morgan fingerprint density at radius 2 is 1.76 bits per heavy atom. The zero-order chi connectivity index (χ0) is 13.1. The van der Waals surface area contributed by atoms with Crippen LogP contribution in [0, 0.1) is 17.1 Å². The molecule has 0 bridgehead atoms. The Hall–Kier alpha value is -1.36. The number of benzene rings is 1. The van der Waals surface area contributed by atoms with Crippen molar-refractivity contribution in [1.82, 2.24) is 0 Å². The third-order valence-electron chi connectivity index (χ3n) is 2.47. The van der Waals surface area contributed by atoms with E-state index in [-0.39, 0.29) is 5.56 Å². The third kappa shape index (κ3) is 6.73. The van der Waals surface area contributed by atoms with Crippen LogP contribution in [0.1, 0.15) is 57.6 Å². The summed E-state index contributed by atoms with van der Waals surface area (Å²) in [5, 5.41) is 8.58. The van der Waals surface area contributed by atoms with E-state index in [0.717, 1.165) is 24.8 Å². The molecule has 0 N–H and O–H groups in total. The van der Waals surface area contributed by atoms with Gasteiger partial charge >= 0.3 is 0 Å². The Labute approximate surface area is 104 Å². The first-order chi connectivity index (χ1) is 8.19. The van der Waals surface area contributed by atoms with Crippen molar-refractivity contribution in [3.05, 3.63) is 35.1 Å². The van der Waals surface area contributed by atoms with Crippen molar-refractivity contribution < 1.29 is 4.39 Å². The lowest BCUT2D eigenvalue weighted by Crippen LogP contribution is -1.89. The molecule has 1 aromatic rings. The maximum Gasteiger partial charge on any atom is 0.140 e. The van der Waals surface area contributed by atoms with Crippen LogP contribution >= 0.6 is 0 Å². The van der Waals surface area contributed by atoms with Gasteiger partial charge < -0.3 is 0 Å². The molecule has 0 radical (unpaired) electrons. The normalized spacial score (nSPS) is 9.12. The van der Waals surface area contributed by atoms with Crippen LogP contribution in [-0.2, 0) is 6.42 Å². The first kappa shape index (κ1) is 15.6. The van der Waals surface area contributed by atoms with Crippen LogP contribution in [0.15, 0.2) is 18.2 Å². The van der Waals surface area contributed by atoms with E-state index in [2.05, 4.69) is 20.8 Å². The van der Waals surface area contributed by atoms with Crippen LogP contribution in [0.5, 0.6) is 0 Å². The van der Waals surface area contributed by atoms with Crippen molar-refractivity contribution in [3.63, 3.8) is 0 Å². The highest BCUT2D eigenvalue weighted by Gasteiger charge is 2.01. The molecule has 0 heterocycles. The van der Waals surface area contributed by atoms with Crippen LogP contribution in [0.2, 0.25) is 0 Å². The van der Waals surface area contributed by atoms with Crippen LogP contribution in [-0.4, -0.2) is 0 Å². The first-order valence-electron chi connectivity index (χ1n) is 6.38. The SMILES string of the molecule is CCCC.CCCCc1ccc(F)c(C#N)c1. The fraction of sp³-hybridized carbons (Fsp3) is 0.533. The van der Waals surface area contributed by atoms with Crippen molar-refractivity contribution in [2.24, 2.45) is 0 Å². The van der Waals surface area contributed by atoms with E-state index in [1.54, 1.807) is 12.1 Å². The summed E-state index contributed by atoms with van der Waals surface area (Å²) < 4.78 is 12.9. The van der Waals surface area contributed by atoms with Gasteiger partial charge in [0.2, 0.25) is 0 Å². The van der Waals surface area contributed by atoms with Crippen molar-refractivity contribution in [1.29, 1.82) is 5.26 Å². The van der Waals surface area contributed by atoms with Crippen LogP contribution in [0.4, 0.5) is 4.39 Å². The quantitative estimate of drug-likeness (QED) is 0.732. The summed E-state index contributed by atoms with van der Waals surface area (Å²) in [4.78, 5) is 0. The molecule has 0 amide bonds. The van der Waals surface area contributed by atoms with E-state index in [4.69, 9.17) is 5.26 Å². The molecule has 17 heavy (non-hydrogen) atoms. The number of nitrogens with zero attached hydrogens (tertiary/aromatic N) is 1. The molecule has 2 heteroatoms. The molecule has 0 aliphatic heterocycles. The molecule has 94 valence electrons. The number of unbranched alkanes of at least 4 members (excludes halogenated alkanes) is 2. The molecule has 0 aliphatic rings. The van der Waals surface area contributed by atoms with Gasteiger partial charge in [0.1, 0.15) is 11.9 Å². The lowest BCUT2D eigenvalue weighted by molar-refractivity contribution is 0.622. The molecule has 0 saturated heterocycles. The highest BCUT2D eigenvalue weighted by atomic mass is 19.1. The number of aryl methyl sites for hydroxylation is 1. The van der Waals surface area contributed by atoms with Crippen molar-refractivity contribution >= 4 is 0 Å². The number of hydrogen-bond donors (Lipinski definition) is 0. The van der Waals surface area contributed by atoms with Crippen LogP contribution < -0.4 is 0 Å². The van der Waals surface area contributed by atoms with Gasteiger partial charge in [-0.1, -0.05) is 46.1 Å². The predicted octanol–water partition coefficient (Wildman–Crippen LogP) is 4.85. The summed E-state index contributed by atoms with van der Waals surface area (Å²) in [7, 11) is 0. The summed E-state index contributed by atoms with van der Waals surface area (Å²) in [5.41, 5.74) is 1.19. The Morgan fingerprint density at radius 1 is 1.12 bits per heavy atom. The second-order valence-electron chi connectivity index (χ2n) is 4.03. The van der Waals surface area contributed by atoms with Crippen LogP contribution in [0.3, 0.4) is 0 Å². The summed E-state index contributed by atoms with van der Waals surface area (Å²) in [6, 6.07) is 6.57. The predicted molar refractivity (Wildman–Crippen MR) is 70.3 cm³/mol. The molecule has 1 nitrogen and oxygen atoms in total. The Bertz CT molecular complexity index is 350. The van der Waals surface area contributed by atoms with Gasteiger partial charge in [0.15, 0.2) is 0 Å². The maximum absolute atomic E-state index is 12.9. The van der Waals surface area contributed by atoms with Crippen LogP contribution in [0.25, 0.3) is 0 Å². The fourth-order valence-corrected chi connectivity index (χ4v) is 1.19. The minimum Gasteiger partial charge on any atom is -0.206 e. The number of halogens is 1. The first-order valence-corrected chi connectivity index (χ1v) is 6.38. The van der Waals surface area contributed by atoms with Gasteiger partial charge in [0.25, 0.3) is 0 Å². The molecule has 0 fully saturated rings. The van der Waals surface area contributed by atoms with E-state index in [9.17, 15) is 4.39 Å². The van der Waals surface area contributed by atoms with Gasteiger partial charge in [-0.25, -0.2) is 4.39 Å². The van der Waals surface area contributed by atoms with E-state index in [1.807, 2.05) is 6.07 Å². The van der Waals surface area contributed by atoms with Gasteiger partial charge in [0, 0.05) is 0 Å². The Morgan fingerprint density at radius 3 is 2.24 bits per heavy atom. The highest BCUT2D eigenvalue weighted by molar-refractivity contribution is 5.34. The minimum absolute atomic E-state index is 0.147. The molecule has 0 aromatic heterocycles. The largest absolute Gasteiger partial charge is 0.206 e. The monoisotopic (exact) mass is 235 g/mol. The molecule has 0 aliphatic carbocycles. The third-order valence-corrected chi connectivity index (χ3v) is 2.47. The van der Waals surface area contributed by atoms with Gasteiger partial charge in [-0.05, 0) is 30.5 Å². The summed E-state index contributed by atoms with van der Waals surface area (Å²) in [5.74, 6) is -0.428. The summed E-state index contributed by atoms with van der Waals surface area (Å²) in [6.45, 7) is 6.47. The average Bonchev–Trinajstić information content (AvgIpc) is 2.38. The summed E-state index contributed by atoms with van der Waals surface area (Å²) >= 11 is 0. The maximum atomic E-state index is 12.9. The minimum atomic E-state index is -0.428. The van der Waals surface area contributed by atoms with E-state index >= 15 is 0 Å². The van der Waals surface area contributed by atoms with Gasteiger partial charge in [-0.15, -0.1) is 0 Å². The van der Waals surface area contributed by atoms with E-state index < -0.39 is 5.82 Å². The Balaban J connectivity index is 0.000000557. The second kappa shape index (κ2) is 9.84. The molecule has 0 atom stereocenters. The van der Waals surface area contributed by atoms with E-state index in [1.165, 1.54) is 18.9 Å². The lowest BCUT2D eigenvalue weighted by atomic mass is 10.1. The molecular formula is C15H22FN. The van der Waals surface area contributed by atoms with Gasteiger partial charge in [-0.3, -0.25) is 0 Å². The molecular weight excluding hydrogens is 213 g/mol. The smallest absolute Gasteiger partial charge is 0.140 e. The molecule has 1 aromatic carbocycles. The van der Waals surface area contributed by atoms with Gasteiger partial charge in [0.05, 0.1) is 5.56 Å². The zero-order valence-corrected chi connectivity index (χ0v) is 11.1. The lowest BCUT2D eigenvalue weighted by Gasteiger charge is -2.00. The molecule has 0 spiro atoms. The highest BCUT2D eigenvalue weighted by Crippen LogP contribution is 2.11. The molecule has 0 saturated carbocycles. The summed E-state index contributed by atoms with van der Waals surface area (Å²) in [6.07, 6.45) is 5.75. The topological polar surface area (TPSA) is 23.8 Å². The van der Waals surface area contributed by atoms with Crippen molar-refractivity contribution in [2.75, 3.05) is 0 Å². The van der Waals surface area contributed by atoms with Gasteiger partial charge in [-0.2, -0.15) is 5.26 Å². The number of hydrogen-bond acceptors (Lipinski definition) is 1. The van der Waals surface area contributed by atoms with Crippen molar-refractivity contribution in [2.45, 2.75) is 52.9 Å².